The van der Waals surface area contributed by atoms with Crippen molar-refractivity contribution in [2.45, 2.75) is 32.8 Å². The number of hydrogen-bond donors (Lipinski definition) is 3. The SMILES string of the molecule is Cc1c(C(=O)O)sc2ncnc(NCCCC(C)O)c12. The second-order valence-corrected chi connectivity index (χ2v) is 5.68. The zero-order valence-electron chi connectivity index (χ0n) is 11.4. The molecule has 3 N–H and O–H groups in total. The summed E-state index contributed by atoms with van der Waals surface area (Å²) >= 11 is 1.16. The van der Waals surface area contributed by atoms with Crippen molar-refractivity contribution in [3.8, 4) is 0 Å². The number of aryl methyl sites for hydroxylation is 1. The van der Waals surface area contributed by atoms with Crippen LogP contribution in [0.15, 0.2) is 6.33 Å². The van der Waals surface area contributed by atoms with E-state index < -0.39 is 5.97 Å². The van der Waals surface area contributed by atoms with Gasteiger partial charge in [0, 0.05) is 6.54 Å². The van der Waals surface area contributed by atoms with Gasteiger partial charge in [-0.05, 0) is 32.3 Å². The third-order valence-electron chi connectivity index (χ3n) is 3.01. The predicted octanol–water partition coefficient (Wildman–Crippen LogP) is 2.27. The fraction of sp³-hybridized carbons (Fsp3) is 0.462. The lowest BCUT2D eigenvalue weighted by atomic mass is 10.2. The zero-order chi connectivity index (χ0) is 14.7. The molecule has 0 saturated heterocycles. The quantitative estimate of drug-likeness (QED) is 0.708. The van der Waals surface area contributed by atoms with E-state index in [9.17, 15) is 9.90 Å². The van der Waals surface area contributed by atoms with Gasteiger partial charge in [-0.25, -0.2) is 14.8 Å². The van der Waals surface area contributed by atoms with Crippen LogP contribution in [0, 0.1) is 6.92 Å². The minimum absolute atomic E-state index is 0.299. The molecule has 0 amide bonds. The van der Waals surface area contributed by atoms with E-state index in [0.717, 1.165) is 23.1 Å². The number of carbonyl (C=O) groups is 1. The highest BCUT2D eigenvalue weighted by Crippen LogP contribution is 2.33. The van der Waals surface area contributed by atoms with Crippen molar-refractivity contribution in [2.75, 3.05) is 11.9 Å². The highest BCUT2D eigenvalue weighted by molar-refractivity contribution is 7.20. The second kappa shape index (κ2) is 6.15. The summed E-state index contributed by atoms with van der Waals surface area (Å²) in [4.78, 5) is 20.4. The monoisotopic (exact) mass is 295 g/mol. The molecule has 0 radical (unpaired) electrons. The molecule has 20 heavy (non-hydrogen) atoms. The minimum atomic E-state index is -0.939. The van der Waals surface area contributed by atoms with Gasteiger partial charge in [0.2, 0.25) is 0 Å². The Hall–Kier alpha value is -1.73. The Kier molecular flexibility index (Phi) is 4.51. The first-order chi connectivity index (χ1) is 9.50. The number of nitrogens with one attached hydrogen (secondary N) is 1. The second-order valence-electron chi connectivity index (χ2n) is 4.68. The maximum Gasteiger partial charge on any atom is 0.346 e. The standard InChI is InChI=1S/C13H17N3O3S/c1-7(17)4-3-5-14-11-9-8(2)10(13(18)19)20-12(9)16-6-15-11/h6-7,17H,3-5H2,1-2H3,(H,18,19)(H,14,15,16). The number of carboxylic acid groups (broad SMARTS) is 1. The van der Waals surface area contributed by atoms with Crippen LogP contribution in [0.25, 0.3) is 10.2 Å². The molecule has 7 heteroatoms. The molecule has 2 heterocycles. The number of anilines is 1. The number of hydrogen-bond acceptors (Lipinski definition) is 6. The van der Waals surface area contributed by atoms with Crippen LogP contribution in [0.3, 0.4) is 0 Å². The van der Waals surface area contributed by atoms with E-state index in [2.05, 4.69) is 15.3 Å². The smallest absolute Gasteiger partial charge is 0.346 e. The van der Waals surface area contributed by atoms with E-state index in [4.69, 9.17) is 5.11 Å². The first-order valence-corrected chi connectivity index (χ1v) is 7.21. The van der Waals surface area contributed by atoms with Crippen LogP contribution in [0.2, 0.25) is 0 Å². The van der Waals surface area contributed by atoms with Crippen LogP contribution in [0.5, 0.6) is 0 Å². The van der Waals surface area contributed by atoms with Crippen molar-refractivity contribution >= 4 is 33.3 Å². The number of aliphatic hydroxyl groups is 1. The summed E-state index contributed by atoms with van der Waals surface area (Å²) in [5.74, 6) is -0.285. The normalized spacial score (nSPS) is 12.6. The van der Waals surface area contributed by atoms with E-state index in [0.29, 0.717) is 34.1 Å². The molecule has 2 aromatic heterocycles. The fourth-order valence-electron chi connectivity index (χ4n) is 2.01. The lowest BCUT2D eigenvalue weighted by Crippen LogP contribution is -2.08. The van der Waals surface area contributed by atoms with E-state index in [1.807, 2.05) is 0 Å². The number of carboxylic acids is 1. The molecule has 2 rings (SSSR count). The minimum Gasteiger partial charge on any atom is -0.477 e. The van der Waals surface area contributed by atoms with Crippen molar-refractivity contribution in [1.29, 1.82) is 0 Å². The molecule has 0 aliphatic rings. The highest BCUT2D eigenvalue weighted by atomic mass is 32.1. The fourth-order valence-corrected chi connectivity index (χ4v) is 3.00. The maximum absolute atomic E-state index is 11.2. The first kappa shape index (κ1) is 14.7. The van der Waals surface area contributed by atoms with Crippen molar-refractivity contribution in [2.24, 2.45) is 0 Å². The Morgan fingerprint density at radius 1 is 1.50 bits per heavy atom. The number of aliphatic hydroxyl groups excluding tert-OH is 1. The number of thiophene rings is 1. The Morgan fingerprint density at radius 3 is 2.90 bits per heavy atom. The number of fused-ring (bicyclic) bond motifs is 1. The van der Waals surface area contributed by atoms with Gasteiger partial charge in [-0.2, -0.15) is 0 Å². The molecule has 0 aromatic carbocycles. The average Bonchev–Trinajstić information content (AvgIpc) is 2.73. The van der Waals surface area contributed by atoms with Gasteiger partial charge in [-0.1, -0.05) is 0 Å². The predicted molar refractivity (Wildman–Crippen MR) is 78.5 cm³/mol. The molecule has 0 bridgehead atoms. The van der Waals surface area contributed by atoms with Crippen molar-refractivity contribution in [3.63, 3.8) is 0 Å². The van der Waals surface area contributed by atoms with Gasteiger partial charge in [-0.3, -0.25) is 0 Å². The van der Waals surface area contributed by atoms with Gasteiger partial charge >= 0.3 is 5.97 Å². The maximum atomic E-state index is 11.2. The number of nitrogens with zero attached hydrogens (tertiary/aromatic N) is 2. The molecule has 0 fully saturated rings. The molecule has 108 valence electrons. The first-order valence-electron chi connectivity index (χ1n) is 6.40. The summed E-state index contributed by atoms with van der Waals surface area (Å²) in [6.45, 7) is 4.20. The van der Waals surface area contributed by atoms with Gasteiger partial charge in [0.1, 0.15) is 21.9 Å². The van der Waals surface area contributed by atoms with E-state index >= 15 is 0 Å². The molecule has 0 saturated carbocycles. The molecule has 6 nitrogen and oxygen atoms in total. The van der Waals surface area contributed by atoms with E-state index in [-0.39, 0.29) is 6.10 Å². The van der Waals surface area contributed by atoms with Crippen LogP contribution in [-0.2, 0) is 0 Å². The van der Waals surface area contributed by atoms with Crippen LogP contribution < -0.4 is 5.32 Å². The molecule has 0 aliphatic carbocycles. The highest BCUT2D eigenvalue weighted by Gasteiger charge is 2.18. The van der Waals surface area contributed by atoms with Gasteiger partial charge < -0.3 is 15.5 Å². The van der Waals surface area contributed by atoms with Gasteiger partial charge in [0.05, 0.1) is 11.5 Å². The van der Waals surface area contributed by atoms with Gasteiger partial charge in [-0.15, -0.1) is 11.3 Å². The van der Waals surface area contributed by atoms with E-state index in [1.54, 1.807) is 13.8 Å². The number of aromatic carboxylic acids is 1. The van der Waals surface area contributed by atoms with Crippen molar-refractivity contribution < 1.29 is 15.0 Å². The topological polar surface area (TPSA) is 95.3 Å². The van der Waals surface area contributed by atoms with Gasteiger partial charge in [0.25, 0.3) is 0 Å². The molecular formula is C13H17N3O3S. The summed E-state index contributed by atoms with van der Waals surface area (Å²) in [5.41, 5.74) is 0.691. The Labute approximate surface area is 120 Å². The number of rotatable bonds is 6. The van der Waals surface area contributed by atoms with Crippen LogP contribution >= 0.6 is 11.3 Å². The van der Waals surface area contributed by atoms with Crippen molar-refractivity contribution in [3.05, 3.63) is 16.8 Å². The molecule has 0 spiro atoms. The Morgan fingerprint density at radius 2 is 2.25 bits per heavy atom. The largest absolute Gasteiger partial charge is 0.477 e. The molecule has 2 aromatic rings. The molecule has 1 unspecified atom stereocenters. The lowest BCUT2D eigenvalue weighted by molar-refractivity contribution is 0.0701. The van der Waals surface area contributed by atoms with Crippen LogP contribution in [0.1, 0.15) is 35.0 Å². The van der Waals surface area contributed by atoms with Crippen LogP contribution in [0.4, 0.5) is 5.82 Å². The average molecular weight is 295 g/mol. The van der Waals surface area contributed by atoms with Crippen LogP contribution in [-0.4, -0.2) is 38.8 Å². The summed E-state index contributed by atoms with van der Waals surface area (Å²) in [7, 11) is 0. The summed E-state index contributed by atoms with van der Waals surface area (Å²) < 4.78 is 0. The Bertz CT molecular complexity index is 625. The summed E-state index contributed by atoms with van der Waals surface area (Å²) in [6, 6.07) is 0. The van der Waals surface area contributed by atoms with E-state index in [1.165, 1.54) is 6.33 Å². The molecule has 0 aliphatic heterocycles. The molecular weight excluding hydrogens is 278 g/mol. The van der Waals surface area contributed by atoms with Crippen molar-refractivity contribution in [1.82, 2.24) is 9.97 Å². The lowest BCUT2D eigenvalue weighted by Gasteiger charge is -2.08. The number of aromatic nitrogens is 2. The zero-order valence-corrected chi connectivity index (χ0v) is 12.2. The summed E-state index contributed by atoms with van der Waals surface area (Å²) in [6.07, 6.45) is 2.65. The summed E-state index contributed by atoms with van der Waals surface area (Å²) in [5, 5.41) is 22.3. The third kappa shape index (κ3) is 3.05. The van der Waals surface area contributed by atoms with Gasteiger partial charge in [0.15, 0.2) is 0 Å². The molecule has 1 atom stereocenters. The third-order valence-corrected chi connectivity index (χ3v) is 4.20. The Balaban J connectivity index is 2.23.